The third kappa shape index (κ3) is 5.14. The van der Waals surface area contributed by atoms with Gasteiger partial charge in [0.25, 0.3) is 15.9 Å². The normalized spacial score (nSPS) is 11.2. The van der Waals surface area contributed by atoms with Gasteiger partial charge < -0.3 is 4.90 Å². The monoisotopic (exact) mass is 450 g/mol. The molecule has 0 bridgehead atoms. The van der Waals surface area contributed by atoms with Gasteiger partial charge >= 0.3 is 0 Å². The molecule has 0 aliphatic rings. The standard InChI is InChI=1S/C21H17ClF2N2O3S/c1-26(13-14-3-2-4-16(22)11-14)21(27)15-5-7-17(8-6-15)25-30(28,29)18-9-10-19(23)20(24)12-18/h2-12,25H,13H2,1H3. The molecule has 0 saturated heterocycles. The summed E-state index contributed by atoms with van der Waals surface area (Å²) in [6, 6.07) is 15.2. The second kappa shape index (κ2) is 8.81. The first-order valence-corrected chi connectivity index (χ1v) is 10.6. The molecule has 3 aromatic carbocycles. The van der Waals surface area contributed by atoms with Crippen LogP contribution in [0.25, 0.3) is 0 Å². The number of halogens is 3. The Bertz CT molecular complexity index is 1190. The first-order valence-electron chi connectivity index (χ1n) is 8.73. The number of benzene rings is 3. The van der Waals surface area contributed by atoms with Gasteiger partial charge in [0.2, 0.25) is 0 Å². The lowest BCUT2D eigenvalue weighted by Crippen LogP contribution is -2.26. The topological polar surface area (TPSA) is 66.5 Å². The lowest BCUT2D eigenvalue weighted by molar-refractivity contribution is 0.0785. The first-order chi connectivity index (χ1) is 14.2. The molecule has 0 radical (unpaired) electrons. The quantitative estimate of drug-likeness (QED) is 0.592. The molecule has 0 atom stereocenters. The second-order valence-electron chi connectivity index (χ2n) is 6.55. The van der Waals surface area contributed by atoms with Gasteiger partial charge in [0.1, 0.15) is 0 Å². The van der Waals surface area contributed by atoms with E-state index in [0.29, 0.717) is 23.2 Å². The fourth-order valence-corrected chi connectivity index (χ4v) is 4.02. The van der Waals surface area contributed by atoms with E-state index in [9.17, 15) is 22.0 Å². The Hall–Kier alpha value is -2.97. The van der Waals surface area contributed by atoms with Crippen LogP contribution in [0.5, 0.6) is 0 Å². The van der Waals surface area contributed by atoms with Crippen molar-refractivity contribution in [1.29, 1.82) is 0 Å². The summed E-state index contributed by atoms with van der Waals surface area (Å²) in [5.74, 6) is -2.66. The summed E-state index contributed by atoms with van der Waals surface area (Å²) in [5.41, 5.74) is 1.40. The highest BCUT2D eigenvalue weighted by Gasteiger charge is 2.17. The third-order valence-electron chi connectivity index (χ3n) is 4.24. The molecule has 156 valence electrons. The van der Waals surface area contributed by atoms with E-state index in [-0.39, 0.29) is 11.6 Å². The predicted octanol–water partition coefficient (Wildman–Crippen LogP) is 4.69. The van der Waals surface area contributed by atoms with Gasteiger partial charge in [-0.1, -0.05) is 23.7 Å². The number of hydrogen-bond donors (Lipinski definition) is 1. The van der Waals surface area contributed by atoms with Crippen LogP contribution in [-0.2, 0) is 16.6 Å². The highest BCUT2D eigenvalue weighted by Crippen LogP contribution is 2.20. The number of nitrogens with zero attached hydrogens (tertiary/aromatic N) is 1. The zero-order valence-electron chi connectivity index (χ0n) is 15.8. The fraction of sp³-hybridized carbons (Fsp3) is 0.0952. The molecule has 0 aliphatic heterocycles. The predicted molar refractivity (Wildman–Crippen MR) is 111 cm³/mol. The SMILES string of the molecule is CN(Cc1cccc(Cl)c1)C(=O)c1ccc(NS(=O)(=O)c2ccc(F)c(F)c2)cc1. The Morgan fingerprint density at radius 1 is 1.00 bits per heavy atom. The van der Waals surface area contributed by atoms with E-state index in [1.807, 2.05) is 6.07 Å². The Balaban J connectivity index is 1.70. The molecule has 30 heavy (non-hydrogen) atoms. The molecule has 0 fully saturated rings. The van der Waals surface area contributed by atoms with E-state index in [0.717, 1.165) is 17.7 Å². The number of hydrogen-bond acceptors (Lipinski definition) is 3. The number of carbonyl (C=O) groups excluding carboxylic acids is 1. The minimum absolute atomic E-state index is 0.175. The maximum absolute atomic E-state index is 13.3. The van der Waals surface area contributed by atoms with Crippen molar-refractivity contribution >= 4 is 33.2 Å². The van der Waals surface area contributed by atoms with E-state index in [1.165, 1.54) is 29.2 Å². The summed E-state index contributed by atoms with van der Waals surface area (Å²) in [7, 11) is -2.47. The van der Waals surface area contributed by atoms with Crippen molar-refractivity contribution in [3.8, 4) is 0 Å². The summed E-state index contributed by atoms with van der Waals surface area (Å²) in [6.45, 7) is 0.351. The molecule has 5 nitrogen and oxygen atoms in total. The molecule has 1 amide bonds. The molecule has 0 saturated carbocycles. The summed E-state index contributed by atoms with van der Waals surface area (Å²) < 4.78 is 53.3. The average molecular weight is 451 g/mol. The van der Waals surface area contributed by atoms with Crippen LogP contribution >= 0.6 is 11.6 Å². The Morgan fingerprint density at radius 3 is 2.33 bits per heavy atom. The molecule has 9 heteroatoms. The lowest BCUT2D eigenvalue weighted by Gasteiger charge is -2.18. The first kappa shape index (κ1) is 21.7. The van der Waals surface area contributed by atoms with Crippen LogP contribution in [-0.4, -0.2) is 26.3 Å². The zero-order chi connectivity index (χ0) is 21.9. The minimum Gasteiger partial charge on any atom is -0.337 e. The van der Waals surface area contributed by atoms with Crippen LogP contribution in [0, 0.1) is 11.6 Å². The lowest BCUT2D eigenvalue weighted by atomic mass is 10.1. The van der Waals surface area contributed by atoms with Crippen molar-refractivity contribution in [2.45, 2.75) is 11.4 Å². The van der Waals surface area contributed by atoms with E-state index < -0.39 is 26.6 Å². The molecule has 3 aromatic rings. The van der Waals surface area contributed by atoms with E-state index in [2.05, 4.69) is 4.72 Å². The van der Waals surface area contributed by atoms with Crippen molar-refractivity contribution in [2.24, 2.45) is 0 Å². The highest BCUT2D eigenvalue weighted by atomic mass is 35.5. The van der Waals surface area contributed by atoms with Crippen molar-refractivity contribution in [3.63, 3.8) is 0 Å². The number of sulfonamides is 1. The van der Waals surface area contributed by atoms with Gasteiger partial charge in [0, 0.05) is 29.9 Å². The summed E-state index contributed by atoms with van der Waals surface area (Å²) >= 11 is 5.96. The Labute approximate surface area is 178 Å². The molecule has 1 N–H and O–H groups in total. The van der Waals surface area contributed by atoms with Crippen LogP contribution < -0.4 is 4.72 Å². The van der Waals surface area contributed by atoms with Gasteiger partial charge in [-0.3, -0.25) is 9.52 Å². The second-order valence-corrected chi connectivity index (χ2v) is 8.67. The van der Waals surface area contributed by atoms with Crippen molar-refractivity contribution in [2.75, 3.05) is 11.8 Å². The van der Waals surface area contributed by atoms with Gasteiger partial charge in [-0.05, 0) is 60.2 Å². The van der Waals surface area contributed by atoms with Gasteiger partial charge in [0.05, 0.1) is 4.90 Å². The largest absolute Gasteiger partial charge is 0.337 e. The van der Waals surface area contributed by atoms with Crippen LogP contribution in [0.1, 0.15) is 15.9 Å². The minimum atomic E-state index is -4.11. The van der Waals surface area contributed by atoms with Crippen molar-refractivity contribution in [3.05, 3.63) is 94.5 Å². The molecule has 0 unspecified atom stereocenters. The maximum atomic E-state index is 13.3. The van der Waals surface area contributed by atoms with Crippen LogP contribution in [0.2, 0.25) is 5.02 Å². The van der Waals surface area contributed by atoms with Gasteiger partial charge in [-0.25, -0.2) is 17.2 Å². The Kier molecular flexibility index (Phi) is 6.38. The van der Waals surface area contributed by atoms with Crippen molar-refractivity contribution < 1.29 is 22.0 Å². The van der Waals surface area contributed by atoms with Gasteiger partial charge in [-0.15, -0.1) is 0 Å². The zero-order valence-corrected chi connectivity index (χ0v) is 17.3. The molecular weight excluding hydrogens is 434 g/mol. The molecule has 3 rings (SSSR count). The van der Waals surface area contributed by atoms with E-state index >= 15 is 0 Å². The number of carbonyl (C=O) groups is 1. The summed E-state index contributed by atoms with van der Waals surface area (Å²) in [5, 5.41) is 0.575. The summed E-state index contributed by atoms with van der Waals surface area (Å²) in [6.07, 6.45) is 0. The van der Waals surface area contributed by atoms with Crippen molar-refractivity contribution in [1.82, 2.24) is 4.90 Å². The van der Waals surface area contributed by atoms with E-state index in [4.69, 9.17) is 11.6 Å². The summed E-state index contributed by atoms with van der Waals surface area (Å²) in [4.78, 5) is 13.7. The van der Waals surface area contributed by atoms with Crippen LogP contribution in [0.15, 0.2) is 71.6 Å². The molecule has 0 heterocycles. The van der Waals surface area contributed by atoms with Crippen LogP contribution in [0.4, 0.5) is 14.5 Å². The van der Waals surface area contributed by atoms with E-state index in [1.54, 1.807) is 25.2 Å². The average Bonchev–Trinajstić information content (AvgIpc) is 2.69. The molecule has 0 aromatic heterocycles. The smallest absolute Gasteiger partial charge is 0.261 e. The molecular formula is C21H17ClF2N2O3S. The Morgan fingerprint density at radius 2 is 1.70 bits per heavy atom. The third-order valence-corrected chi connectivity index (χ3v) is 5.85. The number of amides is 1. The van der Waals surface area contributed by atoms with Gasteiger partial charge in [-0.2, -0.15) is 0 Å². The molecule has 0 spiro atoms. The number of anilines is 1. The fourth-order valence-electron chi connectivity index (χ4n) is 2.74. The van der Waals surface area contributed by atoms with Crippen LogP contribution in [0.3, 0.4) is 0 Å². The number of nitrogens with one attached hydrogen (secondary N) is 1. The number of rotatable bonds is 6. The molecule has 0 aliphatic carbocycles. The van der Waals surface area contributed by atoms with Gasteiger partial charge in [0.15, 0.2) is 11.6 Å². The maximum Gasteiger partial charge on any atom is 0.261 e. The highest BCUT2D eigenvalue weighted by molar-refractivity contribution is 7.92.